The van der Waals surface area contributed by atoms with E-state index >= 15 is 0 Å². The summed E-state index contributed by atoms with van der Waals surface area (Å²) in [5, 5.41) is 23.5. The van der Waals surface area contributed by atoms with E-state index in [1.54, 1.807) is 12.1 Å². The van der Waals surface area contributed by atoms with Crippen molar-refractivity contribution in [2.24, 2.45) is 0 Å². The lowest BCUT2D eigenvalue weighted by Gasteiger charge is -2.40. The van der Waals surface area contributed by atoms with Crippen LogP contribution in [0.3, 0.4) is 0 Å². The van der Waals surface area contributed by atoms with Crippen LogP contribution in [0.25, 0.3) is 0 Å². The van der Waals surface area contributed by atoms with Crippen molar-refractivity contribution >= 4 is 18.1 Å². The fraction of sp³-hybridized carbons (Fsp3) is 0.370. The Kier molecular flexibility index (Phi) is 8.22. The second kappa shape index (κ2) is 11.5. The SMILES string of the molecule is COCC(=O)N(Cc1ccccc1)C1C=C(C(=O)NCCO)C2c3cc(C=O)cc(OC)c3OC2C1O. The van der Waals surface area contributed by atoms with Crippen LogP contribution in [-0.4, -0.2) is 85.4 Å². The number of methoxy groups -OCH3 is 2. The molecule has 4 atom stereocenters. The fourth-order valence-electron chi connectivity index (χ4n) is 4.90. The number of rotatable bonds is 10. The first kappa shape index (κ1) is 26.3. The van der Waals surface area contributed by atoms with Gasteiger partial charge in [-0.05, 0) is 23.8 Å². The van der Waals surface area contributed by atoms with Gasteiger partial charge >= 0.3 is 0 Å². The smallest absolute Gasteiger partial charge is 0.249 e. The Hall–Kier alpha value is -3.73. The van der Waals surface area contributed by atoms with Crippen LogP contribution in [0, 0.1) is 0 Å². The molecule has 2 aromatic rings. The van der Waals surface area contributed by atoms with E-state index in [-0.39, 0.29) is 37.8 Å². The van der Waals surface area contributed by atoms with Crippen molar-refractivity contribution in [1.29, 1.82) is 0 Å². The third kappa shape index (κ3) is 5.22. The zero-order valence-electron chi connectivity index (χ0n) is 20.6. The Morgan fingerprint density at radius 2 is 1.95 bits per heavy atom. The molecule has 196 valence electrons. The summed E-state index contributed by atoms with van der Waals surface area (Å²) in [5.74, 6) is -0.973. The Balaban J connectivity index is 1.82. The number of nitrogens with zero attached hydrogens (tertiary/aromatic N) is 1. The molecule has 37 heavy (non-hydrogen) atoms. The van der Waals surface area contributed by atoms with E-state index in [2.05, 4.69) is 5.32 Å². The summed E-state index contributed by atoms with van der Waals surface area (Å²) >= 11 is 0. The quantitative estimate of drug-likeness (QED) is 0.400. The summed E-state index contributed by atoms with van der Waals surface area (Å²) in [7, 11) is 2.84. The molecule has 10 nitrogen and oxygen atoms in total. The molecule has 0 saturated heterocycles. The Morgan fingerprint density at radius 3 is 2.59 bits per heavy atom. The van der Waals surface area contributed by atoms with E-state index < -0.39 is 30.1 Å². The van der Waals surface area contributed by atoms with Gasteiger partial charge in [-0.3, -0.25) is 14.4 Å². The molecule has 1 heterocycles. The number of aliphatic hydroxyl groups is 2. The van der Waals surface area contributed by atoms with E-state index in [4.69, 9.17) is 14.2 Å². The van der Waals surface area contributed by atoms with Gasteiger partial charge in [0.05, 0.1) is 25.7 Å². The standard InChI is InChI=1S/C27H30N2O8/c1-35-15-22(32)29(13-16-6-4-3-5-7-16)20-12-19(27(34)28-8-9-30)23-18-10-17(14-31)11-21(36-2)25(18)37-26(23)24(20)33/h3-7,10-12,14,20,23-24,26,30,33H,8-9,13,15H2,1-2H3,(H,28,34). The number of fused-ring (bicyclic) bond motifs is 3. The van der Waals surface area contributed by atoms with E-state index in [0.29, 0.717) is 28.9 Å². The van der Waals surface area contributed by atoms with Crippen LogP contribution in [0.1, 0.15) is 27.4 Å². The highest BCUT2D eigenvalue weighted by Crippen LogP contribution is 2.51. The van der Waals surface area contributed by atoms with E-state index in [1.807, 2.05) is 30.3 Å². The molecule has 0 bridgehead atoms. The molecule has 1 aliphatic carbocycles. The van der Waals surface area contributed by atoms with Gasteiger partial charge in [0.2, 0.25) is 11.8 Å². The molecule has 0 radical (unpaired) electrons. The third-order valence-electron chi connectivity index (χ3n) is 6.55. The molecule has 2 aromatic carbocycles. The van der Waals surface area contributed by atoms with Gasteiger partial charge in [-0.15, -0.1) is 0 Å². The molecule has 4 unspecified atom stereocenters. The highest BCUT2D eigenvalue weighted by atomic mass is 16.5. The summed E-state index contributed by atoms with van der Waals surface area (Å²) in [6, 6.07) is 11.5. The lowest BCUT2D eigenvalue weighted by atomic mass is 9.77. The lowest BCUT2D eigenvalue weighted by Crippen LogP contribution is -2.56. The van der Waals surface area contributed by atoms with Crippen molar-refractivity contribution in [2.75, 3.05) is 34.0 Å². The van der Waals surface area contributed by atoms with E-state index in [1.165, 1.54) is 25.2 Å². The molecule has 0 spiro atoms. The van der Waals surface area contributed by atoms with Gasteiger partial charge in [-0.25, -0.2) is 0 Å². The summed E-state index contributed by atoms with van der Waals surface area (Å²) in [5.41, 5.74) is 1.93. The maximum absolute atomic E-state index is 13.3. The first-order valence-corrected chi connectivity index (χ1v) is 11.9. The zero-order valence-corrected chi connectivity index (χ0v) is 20.6. The molecule has 1 aliphatic heterocycles. The molecule has 2 amide bonds. The van der Waals surface area contributed by atoms with Gasteiger partial charge < -0.3 is 34.6 Å². The monoisotopic (exact) mass is 510 g/mol. The molecule has 2 aliphatic rings. The zero-order chi connectivity index (χ0) is 26.5. The summed E-state index contributed by atoms with van der Waals surface area (Å²) in [6.07, 6.45) is 0.0661. The number of aliphatic hydroxyl groups excluding tert-OH is 2. The molecular weight excluding hydrogens is 480 g/mol. The fourth-order valence-corrected chi connectivity index (χ4v) is 4.90. The van der Waals surface area contributed by atoms with Crippen LogP contribution in [0.4, 0.5) is 0 Å². The van der Waals surface area contributed by atoms with Crippen LogP contribution >= 0.6 is 0 Å². The number of benzene rings is 2. The molecule has 10 heteroatoms. The van der Waals surface area contributed by atoms with E-state index in [0.717, 1.165) is 5.56 Å². The highest BCUT2D eigenvalue weighted by Gasteiger charge is 2.51. The van der Waals surface area contributed by atoms with Gasteiger partial charge in [0.15, 0.2) is 11.5 Å². The van der Waals surface area contributed by atoms with Crippen molar-refractivity contribution < 1.29 is 38.8 Å². The second-order valence-corrected chi connectivity index (χ2v) is 8.84. The van der Waals surface area contributed by atoms with Gasteiger partial charge in [0.1, 0.15) is 25.1 Å². The molecular formula is C27H30N2O8. The first-order valence-electron chi connectivity index (χ1n) is 11.9. The Bertz CT molecular complexity index is 1180. The molecule has 0 aromatic heterocycles. The number of ether oxygens (including phenoxy) is 3. The topological polar surface area (TPSA) is 135 Å². The van der Waals surface area contributed by atoms with Crippen LogP contribution in [0.2, 0.25) is 0 Å². The maximum atomic E-state index is 13.3. The summed E-state index contributed by atoms with van der Waals surface area (Å²) in [6.45, 7) is -0.304. The average molecular weight is 511 g/mol. The van der Waals surface area contributed by atoms with Gasteiger partial charge in [-0.2, -0.15) is 0 Å². The third-order valence-corrected chi connectivity index (χ3v) is 6.55. The number of amides is 2. The van der Waals surface area contributed by atoms with Crippen molar-refractivity contribution in [3.8, 4) is 11.5 Å². The van der Waals surface area contributed by atoms with Crippen molar-refractivity contribution in [3.05, 3.63) is 70.8 Å². The largest absolute Gasteiger partial charge is 0.493 e. The van der Waals surface area contributed by atoms with Crippen LogP contribution in [-0.2, 0) is 20.9 Å². The normalized spacial score (nSPS) is 21.7. The predicted octanol–water partition coefficient (Wildman–Crippen LogP) is 0.805. The minimum Gasteiger partial charge on any atom is -0.493 e. The number of carbonyl (C=O) groups excluding carboxylic acids is 3. The highest BCUT2D eigenvalue weighted by molar-refractivity contribution is 5.96. The predicted molar refractivity (Wildman–Crippen MR) is 132 cm³/mol. The van der Waals surface area contributed by atoms with Crippen molar-refractivity contribution in [2.45, 2.75) is 30.7 Å². The Labute approximate surface area is 214 Å². The second-order valence-electron chi connectivity index (χ2n) is 8.84. The van der Waals surface area contributed by atoms with Crippen LogP contribution < -0.4 is 14.8 Å². The van der Waals surface area contributed by atoms with Crippen molar-refractivity contribution in [1.82, 2.24) is 10.2 Å². The van der Waals surface area contributed by atoms with E-state index in [9.17, 15) is 24.6 Å². The number of hydrogen-bond donors (Lipinski definition) is 3. The number of carbonyl (C=O) groups is 3. The summed E-state index contributed by atoms with van der Waals surface area (Å²) in [4.78, 5) is 39.5. The average Bonchev–Trinajstić information content (AvgIpc) is 3.31. The van der Waals surface area contributed by atoms with Gasteiger partial charge in [-0.1, -0.05) is 30.3 Å². The molecule has 3 N–H and O–H groups in total. The maximum Gasteiger partial charge on any atom is 0.249 e. The van der Waals surface area contributed by atoms with Crippen LogP contribution in [0.15, 0.2) is 54.1 Å². The number of nitrogens with one attached hydrogen (secondary N) is 1. The minimum atomic E-state index is -1.22. The Morgan fingerprint density at radius 1 is 1.19 bits per heavy atom. The van der Waals surface area contributed by atoms with Gasteiger partial charge in [0.25, 0.3) is 0 Å². The minimum absolute atomic E-state index is 0.0164. The number of aldehydes is 1. The summed E-state index contributed by atoms with van der Waals surface area (Å²) < 4.78 is 16.7. The first-order chi connectivity index (χ1) is 17.9. The molecule has 0 saturated carbocycles. The lowest BCUT2D eigenvalue weighted by molar-refractivity contribution is -0.141. The van der Waals surface area contributed by atoms with Crippen molar-refractivity contribution in [3.63, 3.8) is 0 Å². The molecule has 0 fully saturated rings. The van der Waals surface area contributed by atoms with Crippen LogP contribution in [0.5, 0.6) is 11.5 Å². The molecule has 4 rings (SSSR count). The number of hydrogen-bond acceptors (Lipinski definition) is 8. The van der Waals surface area contributed by atoms with Gasteiger partial charge in [0, 0.05) is 36.9 Å².